The van der Waals surface area contributed by atoms with Crippen LogP contribution in [0.15, 0.2) is 11.6 Å². The van der Waals surface area contributed by atoms with Gasteiger partial charge in [-0.05, 0) is 45.3 Å². The molecule has 284 valence electrons. The summed E-state index contributed by atoms with van der Waals surface area (Å²) in [5.74, 6) is 0. The van der Waals surface area contributed by atoms with Crippen molar-refractivity contribution < 1.29 is 0 Å². The van der Waals surface area contributed by atoms with Gasteiger partial charge in [0.1, 0.15) is 0 Å². The van der Waals surface area contributed by atoms with Crippen molar-refractivity contribution in [3.05, 3.63) is 11.6 Å². The second kappa shape index (κ2) is 23.0. The normalized spacial score (nSPS) is 14.3. The predicted octanol–water partition coefficient (Wildman–Crippen LogP) is 16.3. The van der Waals surface area contributed by atoms with Crippen molar-refractivity contribution >= 4 is 92.8 Å². The molecule has 0 saturated heterocycles. The van der Waals surface area contributed by atoms with E-state index in [2.05, 4.69) is 253 Å². The number of hydrogen-bond acceptors (Lipinski definition) is 0. The van der Waals surface area contributed by atoms with E-state index in [0.29, 0.717) is 45.3 Å². The molecule has 0 spiro atoms. The van der Waals surface area contributed by atoms with Gasteiger partial charge in [0, 0.05) is 0 Å². The van der Waals surface area contributed by atoms with E-state index in [1.165, 1.54) is 16.1 Å². The molecule has 48 heavy (non-hydrogen) atoms. The van der Waals surface area contributed by atoms with Crippen LogP contribution in [0.2, 0.25) is 55.9 Å². The summed E-state index contributed by atoms with van der Waals surface area (Å²) in [6.45, 7) is 67.0. The summed E-state index contributed by atoms with van der Waals surface area (Å²) in [4.78, 5) is 0. The topological polar surface area (TPSA) is 0 Å². The maximum atomic E-state index is 2.40. The third kappa shape index (κ3) is 29.1. The van der Waals surface area contributed by atoms with Gasteiger partial charge >= 0.3 is 95.5 Å². The molecule has 12 radical (unpaired) electrons. The average molecular weight is 1010 g/mol. The molecular formula is C41H89Ge3ISi3. The van der Waals surface area contributed by atoms with Crippen molar-refractivity contribution in [1.82, 2.24) is 0 Å². The van der Waals surface area contributed by atoms with E-state index in [9.17, 15) is 0 Å². The fourth-order valence-electron chi connectivity index (χ4n) is 10.4. The van der Waals surface area contributed by atoms with Crippen molar-refractivity contribution in [2.24, 2.45) is 0 Å². The number of rotatable bonds is 2. The van der Waals surface area contributed by atoms with Crippen LogP contribution in [0.4, 0.5) is 0 Å². The molecule has 0 aliphatic rings. The summed E-state index contributed by atoms with van der Waals surface area (Å²) in [5, 5.41) is 6.77. The molecule has 0 amide bonds. The Balaban J connectivity index is -0.000000172. The molecule has 0 rings (SSSR count). The average Bonchev–Trinajstić information content (AvgIpc) is 2.66. The SMILES string of the molecule is C/C(=C/[CH2][Ge])[CH2][Ge].CC(C)(C)[Si](C(C)(C)C)C(C)(C)C.CC(C)(C)[Si](C(C)(C)C)C(C)(C)C.CC(C)(C)[Si](C(C)(C)C)C(C)(C)C.[Ge][I]. The third-order valence-electron chi connectivity index (χ3n) is 7.48. The zero-order valence-corrected chi connectivity index (χ0v) is 49.8. The Labute approximate surface area is 350 Å². The molecule has 0 aromatic heterocycles. The van der Waals surface area contributed by atoms with E-state index < -0.39 is 26.4 Å². The Hall–Kier alpha value is 2.75. The molecule has 0 aliphatic carbocycles. The zero-order chi connectivity index (χ0) is 40.9. The van der Waals surface area contributed by atoms with Crippen LogP contribution in [-0.2, 0) is 0 Å². The van der Waals surface area contributed by atoms with Crippen molar-refractivity contribution in [2.45, 2.75) is 250 Å². The Morgan fingerprint density at radius 2 is 0.500 bits per heavy atom. The van der Waals surface area contributed by atoms with Gasteiger partial charge in [-0.3, -0.25) is 0 Å². The number of allylic oxidation sites excluding steroid dienone is 2. The van der Waals surface area contributed by atoms with E-state index in [1.54, 1.807) is 0 Å². The second-order valence-electron chi connectivity index (χ2n) is 22.8. The molecule has 0 aromatic rings. The van der Waals surface area contributed by atoms with Crippen molar-refractivity contribution in [3.63, 3.8) is 0 Å². The van der Waals surface area contributed by atoms with Gasteiger partial charge in [0.25, 0.3) is 0 Å². The van der Waals surface area contributed by atoms with Gasteiger partial charge in [0.15, 0.2) is 0 Å². The molecule has 0 aliphatic heterocycles. The van der Waals surface area contributed by atoms with Crippen LogP contribution in [0, 0.1) is 0 Å². The molecule has 0 atom stereocenters. The number of hydrogen-bond donors (Lipinski definition) is 0. The zero-order valence-electron chi connectivity index (χ0n) is 38.4. The molecule has 0 unspecified atom stereocenters. The summed E-state index contributed by atoms with van der Waals surface area (Å²) >= 11 is 8.47. The fourth-order valence-corrected chi connectivity index (χ4v) is 31.7. The van der Waals surface area contributed by atoms with E-state index in [1.807, 2.05) is 13.2 Å². The maximum absolute atomic E-state index is 2.40. The Morgan fingerprint density at radius 1 is 0.375 bits per heavy atom. The quantitative estimate of drug-likeness (QED) is 0.147. The first kappa shape index (κ1) is 60.0. The van der Waals surface area contributed by atoms with Gasteiger partial charge in [-0.25, -0.2) is 0 Å². The molecule has 0 bridgehead atoms. The van der Waals surface area contributed by atoms with Crippen LogP contribution >= 0.6 is 20.2 Å². The Morgan fingerprint density at radius 3 is 0.521 bits per heavy atom. The van der Waals surface area contributed by atoms with Crippen molar-refractivity contribution in [3.8, 4) is 0 Å². The number of halogens is 1. The summed E-state index contributed by atoms with van der Waals surface area (Å²) in [5.41, 5.74) is 1.50. The first-order valence-corrected chi connectivity index (χ1v) is 32.1. The molecule has 0 heterocycles. The molecule has 0 aromatic carbocycles. The van der Waals surface area contributed by atoms with Gasteiger partial charge in [0.05, 0.1) is 26.4 Å². The van der Waals surface area contributed by atoms with Gasteiger partial charge in [-0.2, -0.15) is 0 Å². The molecule has 7 heteroatoms. The van der Waals surface area contributed by atoms with Crippen LogP contribution in [-0.4, -0.2) is 72.6 Å². The first-order valence-electron chi connectivity index (χ1n) is 18.2. The summed E-state index contributed by atoms with van der Waals surface area (Å²) < 4.78 is 0. The van der Waals surface area contributed by atoms with Crippen LogP contribution in [0.5, 0.6) is 0 Å². The second-order valence-corrected chi connectivity index (χ2v) is 40.2. The van der Waals surface area contributed by atoms with E-state index >= 15 is 0 Å². The molecular weight excluding hydrogens is 921 g/mol. The van der Waals surface area contributed by atoms with Gasteiger partial charge in [0.2, 0.25) is 0 Å². The van der Waals surface area contributed by atoms with Crippen molar-refractivity contribution in [2.75, 3.05) is 0 Å². The van der Waals surface area contributed by atoms with E-state index in [4.69, 9.17) is 0 Å². The molecule has 0 fully saturated rings. The van der Waals surface area contributed by atoms with Crippen LogP contribution in [0.3, 0.4) is 0 Å². The van der Waals surface area contributed by atoms with E-state index in [0.717, 1.165) is 0 Å². The molecule has 0 saturated carbocycles. The van der Waals surface area contributed by atoms with Crippen molar-refractivity contribution in [1.29, 1.82) is 0 Å². The Bertz CT molecular complexity index is 651. The van der Waals surface area contributed by atoms with Crippen LogP contribution in [0.1, 0.15) is 194 Å². The summed E-state index contributed by atoms with van der Waals surface area (Å²) in [7, 11) is -1.17. The molecule has 0 N–H and O–H groups in total. The Kier molecular flexibility index (Phi) is 28.7. The van der Waals surface area contributed by atoms with Crippen LogP contribution in [0.25, 0.3) is 0 Å². The summed E-state index contributed by atoms with van der Waals surface area (Å²) in [6.07, 6.45) is 2.26. The van der Waals surface area contributed by atoms with Gasteiger partial charge < -0.3 is 0 Å². The standard InChI is InChI=1S/3C12H27Si.C5H8Ge2.GeI/c3*1-10(2,3)13(11(4,5)6)12(7,8)9;1-5(4-7)2-3-6;1-2/h3*1-9H3;2H,3-4H2,1H3;/b;;;5-2-;. The van der Waals surface area contributed by atoms with Gasteiger partial charge in [-0.1, -0.05) is 187 Å². The first-order chi connectivity index (χ1) is 20.4. The van der Waals surface area contributed by atoms with Gasteiger partial charge in [-0.15, -0.1) is 0 Å². The summed E-state index contributed by atoms with van der Waals surface area (Å²) in [6, 6.07) is 0. The predicted molar refractivity (Wildman–Crippen MR) is 249 cm³/mol. The third-order valence-corrected chi connectivity index (χ3v) is 22.6. The fraction of sp³-hybridized carbons (Fsp3) is 0.951. The van der Waals surface area contributed by atoms with Crippen LogP contribution < -0.4 is 0 Å². The minimum atomic E-state index is -0.391. The van der Waals surface area contributed by atoms with E-state index in [-0.39, 0.29) is 0 Å². The minimum absolute atomic E-state index is 0.391. The molecule has 0 nitrogen and oxygen atoms in total. The monoisotopic (exact) mass is 1010 g/mol.